The minimum Gasteiger partial charge on any atom is -0.497 e. The van der Waals surface area contributed by atoms with Crippen LogP contribution in [0, 0.1) is 11.6 Å². The first-order valence-corrected chi connectivity index (χ1v) is 7.08. The monoisotopic (exact) mass is 332 g/mol. The molecule has 0 fully saturated rings. The summed E-state index contributed by atoms with van der Waals surface area (Å²) >= 11 is 0. The Bertz CT molecular complexity index is 799. The van der Waals surface area contributed by atoms with Gasteiger partial charge in [-0.1, -0.05) is 18.2 Å². The average molecular weight is 332 g/mol. The highest BCUT2D eigenvalue weighted by Crippen LogP contribution is 2.15. The minimum absolute atomic E-state index is 0.168. The Morgan fingerprint density at radius 2 is 1.71 bits per heavy atom. The van der Waals surface area contributed by atoms with E-state index in [-0.39, 0.29) is 17.5 Å². The Balaban J connectivity index is 2.01. The lowest BCUT2D eigenvalue weighted by molar-refractivity contribution is -0.135. The van der Waals surface area contributed by atoms with Crippen molar-refractivity contribution < 1.29 is 27.9 Å². The lowest BCUT2D eigenvalue weighted by atomic mass is 10.00. The van der Waals surface area contributed by atoms with Crippen LogP contribution in [0.3, 0.4) is 0 Å². The molecule has 0 heterocycles. The summed E-state index contributed by atoms with van der Waals surface area (Å²) in [4.78, 5) is 35.8. The van der Waals surface area contributed by atoms with E-state index in [9.17, 15) is 23.2 Å². The SMILES string of the molecule is COc1cccc(C(=O)CC(=O)C(=O)Cc2ccc(F)c(F)c2)c1. The molecular formula is C18H14F2O4. The lowest BCUT2D eigenvalue weighted by Crippen LogP contribution is -2.20. The quantitative estimate of drug-likeness (QED) is 0.444. The number of benzene rings is 2. The Morgan fingerprint density at radius 1 is 0.958 bits per heavy atom. The van der Waals surface area contributed by atoms with Gasteiger partial charge in [-0.05, 0) is 29.8 Å². The van der Waals surface area contributed by atoms with Gasteiger partial charge in [0.2, 0.25) is 11.6 Å². The van der Waals surface area contributed by atoms with Gasteiger partial charge in [-0.3, -0.25) is 14.4 Å². The molecule has 0 radical (unpaired) electrons. The largest absolute Gasteiger partial charge is 0.497 e. The van der Waals surface area contributed by atoms with E-state index >= 15 is 0 Å². The second-order valence-corrected chi connectivity index (χ2v) is 5.10. The Hall–Kier alpha value is -2.89. The van der Waals surface area contributed by atoms with Crippen LogP contribution in [0.2, 0.25) is 0 Å². The maximum Gasteiger partial charge on any atom is 0.206 e. The van der Waals surface area contributed by atoms with Crippen LogP contribution in [0.25, 0.3) is 0 Å². The normalized spacial score (nSPS) is 10.3. The van der Waals surface area contributed by atoms with Gasteiger partial charge >= 0.3 is 0 Å². The minimum atomic E-state index is -1.10. The van der Waals surface area contributed by atoms with Crippen LogP contribution in [0.15, 0.2) is 42.5 Å². The predicted octanol–water partition coefficient (Wildman–Crippen LogP) is 2.93. The highest BCUT2D eigenvalue weighted by atomic mass is 19.2. The fraction of sp³-hybridized carbons (Fsp3) is 0.167. The number of carbonyl (C=O) groups is 3. The van der Waals surface area contributed by atoms with Crippen LogP contribution in [0.4, 0.5) is 8.78 Å². The van der Waals surface area contributed by atoms with Crippen molar-refractivity contribution in [2.45, 2.75) is 12.8 Å². The summed E-state index contributed by atoms with van der Waals surface area (Å²) in [6, 6.07) is 9.17. The van der Waals surface area contributed by atoms with Crippen molar-refractivity contribution in [3.8, 4) is 5.75 Å². The van der Waals surface area contributed by atoms with Gasteiger partial charge in [0.1, 0.15) is 5.75 Å². The van der Waals surface area contributed by atoms with Crippen molar-refractivity contribution in [3.63, 3.8) is 0 Å². The molecule has 124 valence electrons. The number of rotatable bonds is 7. The fourth-order valence-electron chi connectivity index (χ4n) is 2.08. The second kappa shape index (κ2) is 7.59. The Kier molecular flexibility index (Phi) is 5.52. The molecule has 0 aliphatic carbocycles. The van der Waals surface area contributed by atoms with Gasteiger partial charge in [0.05, 0.1) is 13.5 Å². The molecule has 0 saturated carbocycles. The standard InChI is InChI=1S/C18H14F2O4/c1-24-13-4-2-3-12(9-13)16(21)10-18(23)17(22)8-11-5-6-14(19)15(20)7-11/h2-7,9H,8,10H2,1H3. The molecule has 0 aliphatic rings. The lowest BCUT2D eigenvalue weighted by Gasteiger charge is -2.04. The predicted molar refractivity (Wildman–Crippen MR) is 82.0 cm³/mol. The van der Waals surface area contributed by atoms with Gasteiger partial charge in [-0.2, -0.15) is 0 Å². The van der Waals surface area contributed by atoms with E-state index in [4.69, 9.17) is 4.74 Å². The first-order chi connectivity index (χ1) is 11.4. The maximum atomic E-state index is 13.1. The van der Waals surface area contributed by atoms with Crippen molar-refractivity contribution >= 4 is 17.3 Å². The van der Waals surface area contributed by atoms with Crippen LogP contribution in [-0.4, -0.2) is 24.5 Å². The molecule has 24 heavy (non-hydrogen) atoms. The van der Waals surface area contributed by atoms with Crippen molar-refractivity contribution in [1.82, 2.24) is 0 Å². The molecule has 2 aromatic carbocycles. The molecule has 0 unspecified atom stereocenters. The second-order valence-electron chi connectivity index (χ2n) is 5.10. The van der Waals surface area contributed by atoms with E-state index in [0.29, 0.717) is 5.75 Å². The highest BCUT2D eigenvalue weighted by molar-refractivity contribution is 6.41. The number of ketones is 3. The number of hydrogen-bond acceptors (Lipinski definition) is 4. The van der Waals surface area contributed by atoms with Crippen molar-refractivity contribution in [3.05, 3.63) is 65.2 Å². The molecule has 0 saturated heterocycles. The molecule has 0 aromatic heterocycles. The van der Waals surface area contributed by atoms with E-state index in [1.807, 2.05) is 0 Å². The van der Waals surface area contributed by atoms with Crippen LogP contribution in [0.5, 0.6) is 5.75 Å². The van der Waals surface area contributed by atoms with Gasteiger partial charge in [0.25, 0.3) is 0 Å². The van der Waals surface area contributed by atoms with E-state index < -0.39 is 35.4 Å². The van der Waals surface area contributed by atoms with Gasteiger partial charge in [0.15, 0.2) is 17.4 Å². The van der Waals surface area contributed by atoms with Crippen molar-refractivity contribution in [1.29, 1.82) is 0 Å². The molecule has 6 heteroatoms. The van der Waals surface area contributed by atoms with Gasteiger partial charge in [-0.25, -0.2) is 8.78 Å². The highest BCUT2D eigenvalue weighted by Gasteiger charge is 2.20. The number of halogens is 2. The summed E-state index contributed by atoms with van der Waals surface area (Å²) in [5.74, 6) is -3.91. The topological polar surface area (TPSA) is 60.4 Å². The zero-order valence-corrected chi connectivity index (χ0v) is 12.8. The van der Waals surface area contributed by atoms with Gasteiger partial charge in [-0.15, -0.1) is 0 Å². The third-order valence-electron chi connectivity index (χ3n) is 3.37. The summed E-state index contributed by atoms with van der Waals surface area (Å²) in [5.41, 5.74) is 0.421. The number of Topliss-reactive ketones (excluding diaryl/α,β-unsaturated/α-hetero) is 3. The number of carbonyl (C=O) groups excluding carboxylic acids is 3. The van der Waals surface area contributed by atoms with E-state index in [2.05, 4.69) is 0 Å². The van der Waals surface area contributed by atoms with Gasteiger partial charge < -0.3 is 4.74 Å². The summed E-state index contributed by atoms with van der Waals surface area (Å²) in [5, 5.41) is 0. The Morgan fingerprint density at radius 3 is 2.38 bits per heavy atom. The maximum absolute atomic E-state index is 13.1. The third-order valence-corrected chi connectivity index (χ3v) is 3.37. The van der Waals surface area contributed by atoms with Crippen LogP contribution >= 0.6 is 0 Å². The van der Waals surface area contributed by atoms with Crippen molar-refractivity contribution in [2.75, 3.05) is 7.11 Å². The molecule has 0 amide bonds. The smallest absolute Gasteiger partial charge is 0.206 e. The molecule has 0 N–H and O–H groups in total. The van der Waals surface area contributed by atoms with Crippen LogP contribution in [-0.2, 0) is 16.0 Å². The van der Waals surface area contributed by atoms with E-state index in [0.717, 1.165) is 12.1 Å². The zero-order valence-electron chi connectivity index (χ0n) is 12.8. The number of methoxy groups -OCH3 is 1. The first-order valence-electron chi connectivity index (χ1n) is 7.08. The molecule has 0 aliphatic heterocycles. The molecule has 2 rings (SSSR count). The summed E-state index contributed by atoms with van der Waals surface area (Å²) in [6.07, 6.45) is -0.975. The zero-order chi connectivity index (χ0) is 17.7. The molecule has 0 bridgehead atoms. The van der Waals surface area contributed by atoms with Gasteiger partial charge in [0, 0.05) is 12.0 Å². The third kappa shape index (κ3) is 4.32. The first kappa shape index (κ1) is 17.5. The van der Waals surface area contributed by atoms with E-state index in [1.54, 1.807) is 12.1 Å². The number of hydrogen-bond donors (Lipinski definition) is 0. The van der Waals surface area contributed by atoms with Crippen LogP contribution in [0.1, 0.15) is 22.3 Å². The molecular weight excluding hydrogens is 318 g/mol. The summed E-state index contributed by atoms with van der Waals surface area (Å²) < 4.78 is 30.9. The molecule has 2 aromatic rings. The summed E-state index contributed by atoms with van der Waals surface area (Å²) in [6.45, 7) is 0. The fourth-order valence-corrected chi connectivity index (χ4v) is 2.08. The van der Waals surface area contributed by atoms with E-state index in [1.165, 1.54) is 25.3 Å². The number of ether oxygens (including phenoxy) is 1. The van der Waals surface area contributed by atoms with Crippen molar-refractivity contribution in [2.24, 2.45) is 0 Å². The summed E-state index contributed by atoms with van der Waals surface area (Å²) in [7, 11) is 1.44. The van der Waals surface area contributed by atoms with Crippen LogP contribution < -0.4 is 4.74 Å². The molecule has 0 spiro atoms. The average Bonchev–Trinajstić information content (AvgIpc) is 2.58. The molecule has 0 atom stereocenters. The Labute approximate surface area is 137 Å². The molecule has 4 nitrogen and oxygen atoms in total.